The van der Waals surface area contributed by atoms with Gasteiger partial charge in [-0.2, -0.15) is 0 Å². The molecule has 0 saturated carbocycles. The fourth-order valence-electron chi connectivity index (χ4n) is 2.05. The molecule has 0 aliphatic rings. The molecular weight excluding hydrogens is 344 g/mol. The summed E-state index contributed by atoms with van der Waals surface area (Å²) in [5, 5.41) is 13.2. The third kappa shape index (κ3) is 5.42. The first kappa shape index (κ1) is 18.7. The molecule has 1 aromatic carbocycles. The summed E-state index contributed by atoms with van der Waals surface area (Å²) in [5.41, 5.74) is 0.861. The second-order valence-corrected chi connectivity index (χ2v) is 6.67. The Morgan fingerprint density at radius 2 is 2.08 bits per heavy atom. The summed E-state index contributed by atoms with van der Waals surface area (Å²) < 4.78 is 0. The highest BCUT2D eigenvalue weighted by Crippen LogP contribution is 2.21. The van der Waals surface area contributed by atoms with E-state index >= 15 is 0 Å². The monoisotopic (exact) mass is 362 g/mol. The van der Waals surface area contributed by atoms with Gasteiger partial charge in [-0.05, 0) is 25.5 Å². The standard InChI is InChI=1S/C16H18N4O4S/c1-3-4-12-9-14(21)19-16(18-12)25-10(2)15(22)17-11-5-7-13(8-6-11)20(23)24/h5-10H,3-4H2,1-2H3,(H,17,22)(H,18,19,21). The number of aryl methyl sites for hydroxylation is 1. The molecule has 9 heteroatoms. The van der Waals surface area contributed by atoms with E-state index < -0.39 is 10.2 Å². The van der Waals surface area contributed by atoms with Gasteiger partial charge in [0.05, 0.1) is 10.2 Å². The molecule has 0 aliphatic heterocycles. The van der Waals surface area contributed by atoms with Gasteiger partial charge in [0.2, 0.25) is 5.91 Å². The summed E-state index contributed by atoms with van der Waals surface area (Å²) >= 11 is 1.15. The number of nitrogens with one attached hydrogen (secondary N) is 2. The summed E-state index contributed by atoms with van der Waals surface area (Å²) in [4.78, 5) is 41.0. The lowest BCUT2D eigenvalue weighted by Crippen LogP contribution is -2.23. The molecule has 1 aromatic heterocycles. The van der Waals surface area contributed by atoms with Gasteiger partial charge in [-0.25, -0.2) is 4.98 Å². The van der Waals surface area contributed by atoms with Crippen LogP contribution in [0.3, 0.4) is 0 Å². The molecule has 25 heavy (non-hydrogen) atoms. The Bertz CT molecular complexity index is 820. The maximum Gasteiger partial charge on any atom is 0.269 e. The van der Waals surface area contributed by atoms with Crippen molar-refractivity contribution in [1.82, 2.24) is 9.97 Å². The molecule has 0 bridgehead atoms. The Kier molecular flexibility index (Phi) is 6.29. The number of anilines is 1. The van der Waals surface area contributed by atoms with Gasteiger partial charge < -0.3 is 10.3 Å². The molecule has 132 valence electrons. The Morgan fingerprint density at radius 3 is 2.68 bits per heavy atom. The SMILES string of the molecule is CCCc1cc(=O)[nH]c(SC(C)C(=O)Nc2ccc([N+](=O)[O-])cc2)n1. The number of nitro benzene ring substituents is 1. The lowest BCUT2D eigenvalue weighted by Gasteiger charge is -2.11. The number of hydrogen-bond donors (Lipinski definition) is 2. The molecule has 1 amide bonds. The number of thioether (sulfide) groups is 1. The van der Waals surface area contributed by atoms with Crippen molar-refractivity contribution in [2.24, 2.45) is 0 Å². The van der Waals surface area contributed by atoms with Gasteiger partial charge in [0, 0.05) is 29.6 Å². The van der Waals surface area contributed by atoms with Crippen molar-refractivity contribution in [3.63, 3.8) is 0 Å². The number of rotatable bonds is 7. The lowest BCUT2D eigenvalue weighted by molar-refractivity contribution is -0.384. The number of non-ortho nitro benzene ring substituents is 1. The van der Waals surface area contributed by atoms with Crippen LogP contribution in [-0.2, 0) is 11.2 Å². The largest absolute Gasteiger partial charge is 0.325 e. The summed E-state index contributed by atoms with van der Waals surface area (Å²) in [5.74, 6) is -0.289. The number of carbonyl (C=O) groups is 1. The molecule has 1 heterocycles. The molecule has 0 aliphatic carbocycles. The zero-order valence-corrected chi connectivity index (χ0v) is 14.6. The van der Waals surface area contributed by atoms with E-state index in [2.05, 4.69) is 15.3 Å². The van der Waals surface area contributed by atoms with E-state index in [9.17, 15) is 19.7 Å². The molecule has 0 fully saturated rings. The zero-order chi connectivity index (χ0) is 18.4. The third-order valence-electron chi connectivity index (χ3n) is 3.28. The highest BCUT2D eigenvalue weighted by atomic mass is 32.2. The van der Waals surface area contributed by atoms with E-state index in [1.807, 2.05) is 6.92 Å². The van der Waals surface area contributed by atoms with Gasteiger partial charge in [-0.15, -0.1) is 0 Å². The zero-order valence-electron chi connectivity index (χ0n) is 13.8. The van der Waals surface area contributed by atoms with E-state index in [0.717, 1.165) is 18.2 Å². The molecule has 1 unspecified atom stereocenters. The van der Waals surface area contributed by atoms with Gasteiger partial charge in [0.1, 0.15) is 0 Å². The second-order valence-electron chi connectivity index (χ2n) is 5.35. The fraction of sp³-hybridized carbons (Fsp3) is 0.312. The van der Waals surface area contributed by atoms with Crippen LogP contribution in [-0.4, -0.2) is 26.0 Å². The number of nitro groups is 1. The topological polar surface area (TPSA) is 118 Å². The van der Waals surface area contributed by atoms with Crippen molar-refractivity contribution in [2.45, 2.75) is 37.1 Å². The first-order valence-corrected chi connectivity index (χ1v) is 8.59. The predicted octanol–water partition coefficient (Wildman–Crippen LogP) is 2.75. The molecule has 2 aromatic rings. The van der Waals surface area contributed by atoms with Crippen LogP contribution in [0.2, 0.25) is 0 Å². The smallest absolute Gasteiger partial charge is 0.269 e. The number of aromatic amines is 1. The number of amides is 1. The minimum atomic E-state index is -0.505. The fourth-order valence-corrected chi connectivity index (χ4v) is 2.89. The minimum Gasteiger partial charge on any atom is -0.325 e. The normalized spacial score (nSPS) is 11.8. The predicted molar refractivity (Wildman–Crippen MR) is 95.9 cm³/mol. The van der Waals surface area contributed by atoms with Crippen LogP contribution in [0.5, 0.6) is 0 Å². The first-order valence-electron chi connectivity index (χ1n) is 7.71. The van der Waals surface area contributed by atoms with Crippen molar-refractivity contribution < 1.29 is 9.72 Å². The van der Waals surface area contributed by atoms with E-state index in [1.54, 1.807) is 6.92 Å². The second kappa shape index (κ2) is 8.43. The van der Waals surface area contributed by atoms with Crippen LogP contribution >= 0.6 is 11.8 Å². The quantitative estimate of drug-likeness (QED) is 0.338. The first-order chi connectivity index (χ1) is 11.9. The van der Waals surface area contributed by atoms with Gasteiger partial charge in [-0.3, -0.25) is 19.7 Å². The van der Waals surface area contributed by atoms with Crippen molar-refractivity contribution in [1.29, 1.82) is 0 Å². The molecule has 0 saturated heterocycles. The molecule has 2 rings (SSSR count). The van der Waals surface area contributed by atoms with E-state index in [4.69, 9.17) is 0 Å². The molecule has 1 atom stereocenters. The molecule has 2 N–H and O–H groups in total. The Labute approximate surface area is 148 Å². The van der Waals surface area contributed by atoms with Crippen molar-refractivity contribution in [3.8, 4) is 0 Å². The maximum absolute atomic E-state index is 12.2. The minimum absolute atomic E-state index is 0.0464. The number of H-pyrrole nitrogens is 1. The maximum atomic E-state index is 12.2. The number of aromatic nitrogens is 2. The van der Waals surface area contributed by atoms with Crippen LogP contribution in [0.25, 0.3) is 0 Å². The van der Waals surface area contributed by atoms with Crippen LogP contribution in [0, 0.1) is 10.1 Å². The van der Waals surface area contributed by atoms with Gasteiger partial charge >= 0.3 is 0 Å². The van der Waals surface area contributed by atoms with E-state index in [-0.39, 0.29) is 17.2 Å². The number of nitrogens with zero attached hydrogens (tertiary/aromatic N) is 2. The van der Waals surface area contributed by atoms with Crippen molar-refractivity contribution >= 4 is 29.0 Å². The van der Waals surface area contributed by atoms with Crippen LogP contribution in [0.1, 0.15) is 26.0 Å². The average Bonchev–Trinajstić information content (AvgIpc) is 2.55. The van der Waals surface area contributed by atoms with Gasteiger partial charge in [0.15, 0.2) is 5.16 Å². The Morgan fingerprint density at radius 1 is 1.40 bits per heavy atom. The number of hydrogen-bond acceptors (Lipinski definition) is 6. The highest BCUT2D eigenvalue weighted by Gasteiger charge is 2.17. The molecule has 0 radical (unpaired) electrons. The summed E-state index contributed by atoms with van der Waals surface area (Å²) in [6, 6.07) is 7.03. The molecule has 8 nitrogen and oxygen atoms in total. The number of carbonyl (C=O) groups excluding carboxylic acids is 1. The van der Waals surface area contributed by atoms with E-state index in [1.165, 1.54) is 30.3 Å². The van der Waals surface area contributed by atoms with Crippen LogP contribution in [0.4, 0.5) is 11.4 Å². The highest BCUT2D eigenvalue weighted by molar-refractivity contribution is 8.00. The summed E-state index contributed by atoms with van der Waals surface area (Å²) in [6.07, 6.45) is 1.57. The van der Waals surface area contributed by atoms with Crippen LogP contribution in [0.15, 0.2) is 40.3 Å². The summed E-state index contributed by atoms with van der Waals surface area (Å²) in [7, 11) is 0. The number of benzene rings is 1. The Hall–Kier alpha value is -2.68. The Balaban J connectivity index is 2.02. The molecular formula is C16H18N4O4S. The lowest BCUT2D eigenvalue weighted by atomic mass is 10.2. The van der Waals surface area contributed by atoms with E-state index in [0.29, 0.717) is 23.0 Å². The van der Waals surface area contributed by atoms with Gasteiger partial charge in [-0.1, -0.05) is 25.1 Å². The average molecular weight is 362 g/mol. The van der Waals surface area contributed by atoms with Crippen LogP contribution < -0.4 is 10.9 Å². The van der Waals surface area contributed by atoms with Gasteiger partial charge in [0.25, 0.3) is 11.2 Å². The third-order valence-corrected chi connectivity index (χ3v) is 4.27. The van der Waals surface area contributed by atoms with Crippen molar-refractivity contribution in [2.75, 3.05) is 5.32 Å². The summed E-state index contributed by atoms with van der Waals surface area (Å²) in [6.45, 7) is 3.69. The molecule has 0 spiro atoms. The van der Waals surface area contributed by atoms with Crippen molar-refractivity contribution in [3.05, 3.63) is 56.5 Å².